The van der Waals surface area contributed by atoms with Crippen molar-refractivity contribution in [3.8, 4) is 0 Å². The molecule has 1 aliphatic rings. The summed E-state index contributed by atoms with van der Waals surface area (Å²) in [6, 6.07) is 0. The summed E-state index contributed by atoms with van der Waals surface area (Å²) in [6.07, 6.45) is 2.20. The monoisotopic (exact) mass is 214 g/mol. The predicted molar refractivity (Wildman–Crippen MR) is 47.1 cm³/mol. The van der Waals surface area contributed by atoms with Crippen molar-refractivity contribution in [2.45, 2.75) is 6.42 Å². The van der Waals surface area contributed by atoms with Gasteiger partial charge in [-0.25, -0.2) is 0 Å². The van der Waals surface area contributed by atoms with Crippen LogP contribution in [0.3, 0.4) is 0 Å². The van der Waals surface area contributed by atoms with Gasteiger partial charge in [0.15, 0.2) is 0 Å². The van der Waals surface area contributed by atoms with E-state index < -0.39 is 35.7 Å². The summed E-state index contributed by atoms with van der Waals surface area (Å²) in [5.74, 6) is -6.89. The van der Waals surface area contributed by atoms with E-state index in [0.29, 0.717) is 0 Å². The molecule has 0 heterocycles. The van der Waals surface area contributed by atoms with Crippen molar-refractivity contribution in [3.63, 3.8) is 0 Å². The van der Waals surface area contributed by atoms with Gasteiger partial charge in [-0.15, -0.1) is 0 Å². The predicted octanol–water partition coefficient (Wildman–Crippen LogP) is 0.0487. The highest BCUT2D eigenvalue weighted by Crippen LogP contribution is 2.29. The summed E-state index contributed by atoms with van der Waals surface area (Å²) in [7, 11) is 0. The summed E-state index contributed by atoms with van der Waals surface area (Å²) in [5.41, 5.74) is 0. The molecule has 15 heavy (non-hydrogen) atoms. The SMILES string of the molecule is O=C(O)C1C=CC(C(=O)O)C(C(=O)O)C1. The van der Waals surface area contributed by atoms with E-state index in [9.17, 15) is 14.4 Å². The van der Waals surface area contributed by atoms with E-state index in [1.54, 1.807) is 0 Å². The Morgan fingerprint density at radius 3 is 1.93 bits per heavy atom. The van der Waals surface area contributed by atoms with E-state index in [1.807, 2.05) is 0 Å². The molecule has 82 valence electrons. The number of carboxylic acid groups (broad SMARTS) is 3. The molecule has 6 heteroatoms. The Morgan fingerprint density at radius 2 is 1.53 bits per heavy atom. The van der Waals surface area contributed by atoms with Gasteiger partial charge in [0.2, 0.25) is 0 Å². The Kier molecular flexibility index (Phi) is 3.08. The van der Waals surface area contributed by atoms with E-state index in [0.717, 1.165) is 6.08 Å². The van der Waals surface area contributed by atoms with Crippen LogP contribution in [0.4, 0.5) is 0 Å². The third-order valence-corrected chi connectivity index (χ3v) is 2.41. The Bertz CT molecular complexity index is 331. The van der Waals surface area contributed by atoms with Crippen LogP contribution in [-0.4, -0.2) is 33.2 Å². The highest BCUT2D eigenvalue weighted by atomic mass is 16.4. The fourth-order valence-electron chi connectivity index (χ4n) is 1.58. The van der Waals surface area contributed by atoms with Gasteiger partial charge in [-0.3, -0.25) is 14.4 Å². The second kappa shape index (κ2) is 4.12. The van der Waals surface area contributed by atoms with E-state index in [4.69, 9.17) is 15.3 Å². The molecule has 0 bridgehead atoms. The number of carboxylic acids is 3. The lowest BCUT2D eigenvalue weighted by Gasteiger charge is -2.24. The largest absolute Gasteiger partial charge is 0.481 e. The van der Waals surface area contributed by atoms with Gasteiger partial charge >= 0.3 is 17.9 Å². The molecule has 0 saturated heterocycles. The van der Waals surface area contributed by atoms with Crippen LogP contribution in [-0.2, 0) is 14.4 Å². The first-order chi connectivity index (χ1) is 6.93. The Balaban J connectivity index is 2.92. The van der Waals surface area contributed by atoms with Gasteiger partial charge in [0.1, 0.15) is 0 Å². The molecular formula is C9H10O6. The zero-order chi connectivity index (χ0) is 11.6. The van der Waals surface area contributed by atoms with Crippen LogP contribution >= 0.6 is 0 Å². The zero-order valence-corrected chi connectivity index (χ0v) is 7.66. The van der Waals surface area contributed by atoms with Crippen molar-refractivity contribution in [2.24, 2.45) is 17.8 Å². The normalized spacial score (nSPS) is 29.7. The molecule has 0 aromatic rings. The van der Waals surface area contributed by atoms with Gasteiger partial charge in [0.05, 0.1) is 17.8 Å². The minimum absolute atomic E-state index is 0.182. The minimum Gasteiger partial charge on any atom is -0.481 e. The minimum atomic E-state index is -1.28. The van der Waals surface area contributed by atoms with E-state index in [-0.39, 0.29) is 6.42 Å². The topological polar surface area (TPSA) is 112 Å². The summed E-state index contributed by atoms with van der Waals surface area (Å²) >= 11 is 0. The highest BCUT2D eigenvalue weighted by molar-refractivity contribution is 5.83. The number of aliphatic carboxylic acids is 3. The number of carbonyl (C=O) groups is 3. The summed E-state index contributed by atoms with van der Waals surface area (Å²) in [5, 5.41) is 26.2. The van der Waals surface area contributed by atoms with Gasteiger partial charge < -0.3 is 15.3 Å². The average Bonchev–Trinajstić information content (AvgIpc) is 2.16. The van der Waals surface area contributed by atoms with Gasteiger partial charge in [0, 0.05) is 0 Å². The third-order valence-electron chi connectivity index (χ3n) is 2.41. The van der Waals surface area contributed by atoms with Crippen molar-refractivity contribution in [1.82, 2.24) is 0 Å². The molecule has 1 aliphatic carbocycles. The maximum atomic E-state index is 10.7. The van der Waals surface area contributed by atoms with Crippen molar-refractivity contribution in [2.75, 3.05) is 0 Å². The maximum Gasteiger partial charge on any atom is 0.311 e. The Labute approximate surface area is 84.8 Å². The Hall–Kier alpha value is -1.85. The Morgan fingerprint density at radius 1 is 0.933 bits per heavy atom. The lowest BCUT2D eigenvalue weighted by atomic mass is 9.79. The number of hydrogen-bond donors (Lipinski definition) is 3. The van der Waals surface area contributed by atoms with Crippen LogP contribution in [0.15, 0.2) is 12.2 Å². The molecule has 0 radical (unpaired) electrons. The smallest absolute Gasteiger partial charge is 0.311 e. The molecule has 0 fully saturated rings. The molecule has 0 amide bonds. The number of rotatable bonds is 3. The second-order valence-corrected chi connectivity index (χ2v) is 3.37. The van der Waals surface area contributed by atoms with Crippen molar-refractivity contribution in [3.05, 3.63) is 12.2 Å². The van der Waals surface area contributed by atoms with Crippen LogP contribution in [0.5, 0.6) is 0 Å². The van der Waals surface area contributed by atoms with Crippen LogP contribution in [0.1, 0.15) is 6.42 Å². The second-order valence-electron chi connectivity index (χ2n) is 3.37. The first-order valence-corrected chi connectivity index (χ1v) is 4.30. The highest BCUT2D eigenvalue weighted by Gasteiger charge is 2.38. The van der Waals surface area contributed by atoms with Gasteiger partial charge in [0.25, 0.3) is 0 Å². The zero-order valence-electron chi connectivity index (χ0n) is 7.66. The molecule has 0 spiro atoms. The van der Waals surface area contributed by atoms with Crippen molar-refractivity contribution < 1.29 is 29.7 Å². The molecule has 0 aromatic carbocycles. The van der Waals surface area contributed by atoms with Crippen LogP contribution in [0, 0.1) is 17.8 Å². The van der Waals surface area contributed by atoms with E-state index >= 15 is 0 Å². The number of hydrogen-bond acceptors (Lipinski definition) is 3. The van der Waals surface area contributed by atoms with Gasteiger partial charge in [-0.05, 0) is 6.42 Å². The lowest BCUT2D eigenvalue weighted by Crippen LogP contribution is -2.34. The van der Waals surface area contributed by atoms with Crippen molar-refractivity contribution >= 4 is 17.9 Å². The van der Waals surface area contributed by atoms with Crippen molar-refractivity contribution in [1.29, 1.82) is 0 Å². The maximum absolute atomic E-state index is 10.7. The van der Waals surface area contributed by atoms with Crippen LogP contribution < -0.4 is 0 Å². The third kappa shape index (κ3) is 2.34. The molecule has 6 nitrogen and oxygen atoms in total. The fraction of sp³-hybridized carbons (Fsp3) is 0.444. The van der Waals surface area contributed by atoms with E-state index in [1.165, 1.54) is 6.08 Å². The summed E-state index contributed by atoms with van der Waals surface area (Å²) < 4.78 is 0. The van der Waals surface area contributed by atoms with E-state index in [2.05, 4.69) is 0 Å². The molecule has 0 aromatic heterocycles. The molecule has 0 saturated carbocycles. The fourth-order valence-corrected chi connectivity index (χ4v) is 1.58. The molecular weight excluding hydrogens is 204 g/mol. The first-order valence-electron chi connectivity index (χ1n) is 4.30. The average molecular weight is 214 g/mol. The summed E-state index contributed by atoms with van der Waals surface area (Å²) in [4.78, 5) is 32.0. The van der Waals surface area contributed by atoms with Gasteiger partial charge in [-0.1, -0.05) is 12.2 Å². The summed E-state index contributed by atoms with van der Waals surface area (Å²) in [6.45, 7) is 0. The lowest BCUT2D eigenvalue weighted by molar-refractivity contribution is -0.154. The molecule has 3 N–H and O–H groups in total. The standard InChI is InChI=1S/C9H10O6/c10-7(11)4-1-2-5(8(12)13)6(3-4)9(14)15/h1-2,4-6H,3H2,(H,10,11)(H,12,13)(H,14,15). The van der Waals surface area contributed by atoms with Crippen LogP contribution in [0.25, 0.3) is 0 Å². The molecule has 3 atom stereocenters. The quantitative estimate of drug-likeness (QED) is 0.572. The molecule has 0 aliphatic heterocycles. The molecule has 3 unspecified atom stereocenters. The first kappa shape index (κ1) is 11.2. The molecule has 1 rings (SSSR count). The van der Waals surface area contributed by atoms with Gasteiger partial charge in [-0.2, -0.15) is 0 Å². The van der Waals surface area contributed by atoms with Crippen LogP contribution in [0.2, 0.25) is 0 Å².